The van der Waals surface area contributed by atoms with E-state index in [1.54, 1.807) is 0 Å². The van der Waals surface area contributed by atoms with Crippen molar-refractivity contribution in [2.24, 2.45) is 0 Å². The van der Waals surface area contributed by atoms with Gasteiger partial charge in [0, 0.05) is 0 Å². The molecule has 0 radical (unpaired) electrons. The Hall–Kier alpha value is -2.70. The summed E-state index contributed by atoms with van der Waals surface area (Å²) in [5, 5.41) is 0. The predicted octanol–water partition coefficient (Wildman–Crippen LogP) is 4.09. The first kappa shape index (κ1) is 46.3. The average molecular weight is 823 g/mol. The third kappa shape index (κ3) is 15.0. The minimum atomic E-state index is -6.72. The summed E-state index contributed by atoms with van der Waals surface area (Å²) in [6.07, 6.45) is 18.0. The fraction of sp³-hybridized carbons (Fsp3) is 0.684. The molecule has 2 rings (SSSR count). The van der Waals surface area contributed by atoms with Gasteiger partial charge < -0.3 is 8.25 Å². The fourth-order valence-electron chi connectivity index (χ4n) is 2.61. The molecule has 0 N–H and O–H groups in total. The molecule has 30 heteroatoms. The highest BCUT2D eigenvalue weighted by atomic mass is 32.3. The third-order valence-corrected chi connectivity index (χ3v) is 10.4. The average Bonchev–Trinajstić information content (AvgIpc) is 3.52. The van der Waals surface area contributed by atoms with Gasteiger partial charge in [0.05, 0.1) is 13.1 Å². The van der Waals surface area contributed by atoms with Crippen LogP contribution in [-0.2, 0) is 59.9 Å². The molecule has 2 heterocycles. The number of alkyl halides is 12. The van der Waals surface area contributed by atoms with Crippen molar-refractivity contribution in [3.05, 3.63) is 45.7 Å². The van der Waals surface area contributed by atoms with Crippen LogP contribution in [0.15, 0.2) is 37.4 Å². The van der Waals surface area contributed by atoms with Crippen molar-refractivity contribution < 1.29 is 95.5 Å². The minimum absolute atomic E-state index is 0.778. The van der Waals surface area contributed by atoms with Gasteiger partial charge in [0.2, 0.25) is 19.3 Å². The van der Waals surface area contributed by atoms with Crippen LogP contribution in [0.3, 0.4) is 0 Å². The largest absolute Gasteiger partial charge is 0.480 e. The molecule has 2 aromatic rings. The van der Waals surface area contributed by atoms with Crippen molar-refractivity contribution in [2.75, 3.05) is 0 Å². The molecule has 2 aromatic heterocycles. The van der Waals surface area contributed by atoms with Crippen LogP contribution in [0.25, 0.3) is 8.25 Å². The molecular formula is C19H26F12N6O8S4. The van der Waals surface area contributed by atoms with E-state index in [0.717, 1.165) is 28.0 Å². The van der Waals surface area contributed by atoms with Gasteiger partial charge >= 0.3 is 22.0 Å². The second-order valence-electron chi connectivity index (χ2n) is 9.01. The number of unbranched alkanes of at least 4 members (excludes halogenated alkanes) is 2. The lowest BCUT2D eigenvalue weighted by Crippen LogP contribution is -2.49. The van der Waals surface area contributed by atoms with Gasteiger partial charge in [-0.15, -0.1) is 0 Å². The van der Waals surface area contributed by atoms with E-state index in [2.05, 4.69) is 69.6 Å². The first-order chi connectivity index (χ1) is 21.7. The van der Waals surface area contributed by atoms with Gasteiger partial charge in [0.25, 0.3) is 0 Å². The SMILES string of the molecule is CCCCn1cc[n+](C[n+]2ccn(CCCC)c2)c1.O=S(=O)([N-]S(=O)(=O)C(F)(F)F)C(F)(F)F.O=S(=O)([N-]S(=O)(=O)C(F)(F)F)C(F)(F)F. The third-order valence-electron chi connectivity index (χ3n) is 4.92. The zero-order valence-corrected chi connectivity index (χ0v) is 27.8. The fourth-order valence-corrected chi connectivity index (χ4v) is 6.03. The zero-order chi connectivity index (χ0) is 38.9. The molecule has 49 heavy (non-hydrogen) atoms. The lowest BCUT2D eigenvalue weighted by atomic mass is 10.3. The van der Waals surface area contributed by atoms with E-state index >= 15 is 0 Å². The van der Waals surface area contributed by atoms with Crippen molar-refractivity contribution in [1.82, 2.24) is 9.13 Å². The maximum absolute atomic E-state index is 11.4. The van der Waals surface area contributed by atoms with Crippen LogP contribution in [0.5, 0.6) is 0 Å². The molecule has 0 aliphatic heterocycles. The van der Waals surface area contributed by atoms with Crippen LogP contribution in [0, 0.1) is 0 Å². The number of imidazole rings is 2. The summed E-state index contributed by atoms with van der Waals surface area (Å²) >= 11 is 0. The zero-order valence-electron chi connectivity index (χ0n) is 24.5. The van der Waals surface area contributed by atoms with E-state index in [0.29, 0.717) is 0 Å². The summed E-state index contributed by atoms with van der Waals surface area (Å²) in [5.41, 5.74) is -24.8. The van der Waals surface area contributed by atoms with Crippen molar-refractivity contribution >= 4 is 40.1 Å². The summed E-state index contributed by atoms with van der Waals surface area (Å²) in [6.45, 7) is 7.58. The van der Waals surface area contributed by atoms with Gasteiger partial charge in [-0.1, -0.05) is 26.7 Å². The van der Waals surface area contributed by atoms with Crippen molar-refractivity contribution in [2.45, 2.75) is 81.3 Å². The number of hydrogen-bond donors (Lipinski definition) is 0. The van der Waals surface area contributed by atoms with E-state index in [4.69, 9.17) is 0 Å². The second kappa shape index (κ2) is 17.0. The van der Waals surface area contributed by atoms with E-state index in [-0.39, 0.29) is 0 Å². The Bertz CT molecular complexity index is 1570. The summed E-state index contributed by atoms with van der Waals surface area (Å²) in [7, 11) is -26.9. The van der Waals surface area contributed by atoms with Gasteiger partial charge in [0.15, 0.2) is 40.1 Å². The number of sulfonamides is 4. The smallest absolute Gasteiger partial charge is 0.421 e. The van der Waals surface area contributed by atoms with E-state index in [9.17, 15) is 86.4 Å². The Labute approximate surface area is 271 Å². The van der Waals surface area contributed by atoms with E-state index in [1.807, 2.05) is 0 Å². The van der Waals surface area contributed by atoms with Gasteiger partial charge in [-0.25, -0.2) is 42.8 Å². The van der Waals surface area contributed by atoms with E-state index in [1.165, 1.54) is 25.7 Å². The number of hydrogen-bond acceptors (Lipinski definition) is 8. The number of halogens is 12. The van der Waals surface area contributed by atoms with Crippen LogP contribution in [0.2, 0.25) is 0 Å². The Kier molecular flexibility index (Phi) is 16.1. The van der Waals surface area contributed by atoms with Crippen LogP contribution >= 0.6 is 0 Å². The topological polar surface area (TPSA) is 182 Å². The highest BCUT2D eigenvalue weighted by molar-refractivity contribution is 8.13. The highest BCUT2D eigenvalue weighted by Crippen LogP contribution is 2.37. The van der Waals surface area contributed by atoms with Crippen LogP contribution < -0.4 is 9.13 Å². The van der Waals surface area contributed by atoms with Crippen LogP contribution in [0.4, 0.5) is 52.7 Å². The molecule has 0 aliphatic carbocycles. The first-order valence-corrected chi connectivity index (χ1v) is 18.3. The molecule has 0 aromatic carbocycles. The lowest BCUT2D eigenvalue weighted by Gasteiger charge is -2.22. The molecule has 0 spiro atoms. The molecule has 0 atom stereocenters. The Morgan fingerprint density at radius 2 is 0.755 bits per heavy atom. The number of aromatic nitrogens is 4. The summed E-state index contributed by atoms with van der Waals surface area (Å²) in [5.74, 6) is 0. The van der Waals surface area contributed by atoms with E-state index < -0.39 is 62.1 Å². The first-order valence-electron chi connectivity index (χ1n) is 12.6. The maximum Gasteiger partial charge on any atom is 0.480 e. The summed E-state index contributed by atoms with van der Waals surface area (Å²) in [4.78, 5) is 0. The predicted molar refractivity (Wildman–Crippen MR) is 141 cm³/mol. The molecule has 0 unspecified atom stereocenters. The molecule has 288 valence electrons. The molecule has 14 nitrogen and oxygen atoms in total. The van der Waals surface area contributed by atoms with Crippen LogP contribution in [-0.4, -0.2) is 64.8 Å². The number of aryl methyl sites for hydroxylation is 2. The molecular weight excluding hydrogens is 796 g/mol. The maximum atomic E-state index is 11.4. The molecule has 0 bridgehead atoms. The minimum Gasteiger partial charge on any atom is -0.421 e. The summed E-state index contributed by atoms with van der Waals surface area (Å²) in [6, 6.07) is 0. The molecule has 0 amide bonds. The van der Waals surface area contributed by atoms with Gasteiger partial charge in [-0.3, -0.25) is 0 Å². The normalized spacial score (nSPS) is 13.7. The highest BCUT2D eigenvalue weighted by Gasteiger charge is 2.48. The van der Waals surface area contributed by atoms with Gasteiger partial charge in [-0.05, 0) is 12.8 Å². The summed E-state index contributed by atoms with van der Waals surface area (Å²) < 4.78 is 227. The Morgan fingerprint density at radius 3 is 0.959 bits per heavy atom. The molecule has 0 aliphatic rings. The van der Waals surface area contributed by atoms with Crippen LogP contribution in [0.1, 0.15) is 39.5 Å². The second-order valence-corrected chi connectivity index (χ2v) is 15.9. The van der Waals surface area contributed by atoms with Crippen molar-refractivity contribution in [1.29, 1.82) is 0 Å². The number of nitrogens with zero attached hydrogens (tertiary/aromatic N) is 6. The Balaban J connectivity index is 0.000000715. The lowest BCUT2D eigenvalue weighted by molar-refractivity contribution is -0.912. The van der Waals surface area contributed by atoms with Crippen molar-refractivity contribution in [3.63, 3.8) is 0 Å². The Morgan fingerprint density at radius 1 is 0.510 bits per heavy atom. The van der Waals surface area contributed by atoms with Crippen molar-refractivity contribution in [3.8, 4) is 0 Å². The molecule has 0 saturated heterocycles. The standard InChI is InChI=1S/C15H26N4.2C2F6NO4S2/c1-3-5-7-16-9-11-18(13-16)15-19-12-10-17(14-19)8-6-4-2;2*3-1(4,5)14(10,11)9-15(12,13)2(6,7)8/h9-14H,3-8,15H2,1-2H3;;/q+2;2*-1. The number of rotatable bonds is 12. The van der Waals surface area contributed by atoms with Gasteiger partial charge in [-0.2, -0.15) is 61.8 Å². The monoisotopic (exact) mass is 822 g/mol. The quantitative estimate of drug-likeness (QED) is 0.227. The van der Waals surface area contributed by atoms with Gasteiger partial charge in [0.1, 0.15) is 24.8 Å². The molecule has 0 fully saturated rings. The molecule has 0 saturated carbocycles.